The highest BCUT2D eigenvalue weighted by molar-refractivity contribution is 5.92. The fourth-order valence-electron chi connectivity index (χ4n) is 1.12. The Kier molecular flexibility index (Phi) is 4.33. The Morgan fingerprint density at radius 2 is 2.12 bits per heavy atom. The van der Waals surface area contributed by atoms with E-state index in [1.54, 1.807) is 0 Å². The molecule has 6 nitrogen and oxygen atoms in total. The molecule has 0 aliphatic rings. The number of nitrogen functional groups attached to an aromatic ring is 1. The summed E-state index contributed by atoms with van der Waals surface area (Å²) >= 11 is 0. The summed E-state index contributed by atoms with van der Waals surface area (Å²) < 4.78 is 9.74. The molecule has 0 heterocycles. The summed E-state index contributed by atoms with van der Waals surface area (Å²) in [6.45, 7) is -0.317. The summed E-state index contributed by atoms with van der Waals surface area (Å²) in [6.07, 6.45) is 0. The molecule has 1 amide bonds. The van der Waals surface area contributed by atoms with Crippen LogP contribution >= 0.6 is 0 Å². The third-order valence-corrected chi connectivity index (χ3v) is 2.08. The van der Waals surface area contributed by atoms with E-state index in [2.05, 4.69) is 5.32 Å². The Hall–Kier alpha value is -2.24. The van der Waals surface area contributed by atoms with Crippen LogP contribution in [-0.4, -0.2) is 32.6 Å². The van der Waals surface area contributed by atoms with Crippen molar-refractivity contribution in [2.45, 2.75) is 0 Å². The van der Waals surface area contributed by atoms with Crippen LogP contribution in [-0.2, 0) is 9.53 Å². The molecule has 17 heavy (non-hydrogen) atoms. The standard InChI is InChI=1S/C11H14N2O4/c1-13-10(14)6-17-11(15)7-3-4-8(12)9(5-7)16-2/h3-5H,6,12H2,1-2H3,(H,13,14). The second-order valence-electron chi connectivity index (χ2n) is 3.21. The molecule has 92 valence electrons. The molecule has 0 atom stereocenters. The minimum atomic E-state index is -0.605. The SMILES string of the molecule is CNC(=O)COC(=O)c1ccc(N)c(OC)c1. The van der Waals surface area contributed by atoms with Gasteiger partial charge in [-0.2, -0.15) is 0 Å². The number of rotatable bonds is 4. The normalized spacial score (nSPS) is 9.53. The first-order chi connectivity index (χ1) is 8.08. The smallest absolute Gasteiger partial charge is 0.338 e. The molecule has 1 aromatic rings. The van der Waals surface area contributed by atoms with Gasteiger partial charge in [0, 0.05) is 7.05 Å². The van der Waals surface area contributed by atoms with Crippen molar-refractivity contribution < 1.29 is 19.1 Å². The monoisotopic (exact) mass is 238 g/mol. The molecule has 0 saturated heterocycles. The van der Waals surface area contributed by atoms with Gasteiger partial charge in [-0.15, -0.1) is 0 Å². The fraction of sp³-hybridized carbons (Fsp3) is 0.273. The summed E-state index contributed by atoms with van der Waals surface area (Å²) in [6, 6.07) is 4.50. The molecule has 0 aliphatic heterocycles. The van der Waals surface area contributed by atoms with Crippen molar-refractivity contribution in [3.8, 4) is 5.75 Å². The Labute approximate surface area is 98.7 Å². The van der Waals surface area contributed by atoms with E-state index in [9.17, 15) is 9.59 Å². The number of nitrogens with two attached hydrogens (primary N) is 1. The molecule has 0 bridgehead atoms. The zero-order chi connectivity index (χ0) is 12.8. The van der Waals surface area contributed by atoms with Crippen molar-refractivity contribution in [1.29, 1.82) is 0 Å². The van der Waals surface area contributed by atoms with Gasteiger partial charge in [0.1, 0.15) is 5.75 Å². The minimum absolute atomic E-state index is 0.278. The second kappa shape index (κ2) is 5.74. The molecule has 0 fully saturated rings. The van der Waals surface area contributed by atoms with Crippen LogP contribution in [0.4, 0.5) is 5.69 Å². The average molecular weight is 238 g/mol. The largest absolute Gasteiger partial charge is 0.495 e. The van der Waals surface area contributed by atoms with E-state index >= 15 is 0 Å². The van der Waals surface area contributed by atoms with Crippen molar-refractivity contribution in [3.05, 3.63) is 23.8 Å². The van der Waals surface area contributed by atoms with Gasteiger partial charge in [0.25, 0.3) is 5.91 Å². The van der Waals surface area contributed by atoms with Crippen molar-refractivity contribution in [1.82, 2.24) is 5.32 Å². The van der Waals surface area contributed by atoms with Gasteiger partial charge in [-0.05, 0) is 18.2 Å². The van der Waals surface area contributed by atoms with Crippen LogP contribution in [0.1, 0.15) is 10.4 Å². The van der Waals surface area contributed by atoms with Crippen LogP contribution in [0.3, 0.4) is 0 Å². The summed E-state index contributed by atoms with van der Waals surface area (Å²) in [4.78, 5) is 22.4. The predicted octanol–water partition coefficient (Wildman–Crippen LogP) is 0.180. The predicted molar refractivity (Wildman–Crippen MR) is 61.8 cm³/mol. The minimum Gasteiger partial charge on any atom is -0.495 e. The van der Waals surface area contributed by atoms with Gasteiger partial charge >= 0.3 is 5.97 Å². The zero-order valence-corrected chi connectivity index (χ0v) is 9.65. The van der Waals surface area contributed by atoms with Gasteiger partial charge in [0.15, 0.2) is 6.61 Å². The third kappa shape index (κ3) is 3.37. The van der Waals surface area contributed by atoms with Gasteiger partial charge in [0.05, 0.1) is 18.4 Å². The highest BCUT2D eigenvalue weighted by Gasteiger charge is 2.11. The summed E-state index contributed by atoms with van der Waals surface area (Å²) in [7, 11) is 2.91. The first-order valence-electron chi connectivity index (χ1n) is 4.89. The molecular weight excluding hydrogens is 224 g/mol. The average Bonchev–Trinajstić information content (AvgIpc) is 2.35. The molecule has 0 saturated carbocycles. The number of anilines is 1. The van der Waals surface area contributed by atoms with Crippen LogP contribution < -0.4 is 15.8 Å². The van der Waals surface area contributed by atoms with Crippen molar-refractivity contribution in [2.24, 2.45) is 0 Å². The highest BCUT2D eigenvalue weighted by atomic mass is 16.5. The van der Waals surface area contributed by atoms with Crippen LogP contribution in [0, 0.1) is 0 Å². The number of hydrogen-bond acceptors (Lipinski definition) is 5. The van der Waals surface area contributed by atoms with E-state index in [-0.39, 0.29) is 18.1 Å². The molecule has 1 aromatic carbocycles. The molecule has 0 aromatic heterocycles. The van der Waals surface area contributed by atoms with Gasteiger partial charge in [-0.25, -0.2) is 4.79 Å². The lowest BCUT2D eigenvalue weighted by molar-refractivity contribution is -0.123. The number of nitrogens with one attached hydrogen (secondary N) is 1. The number of likely N-dealkylation sites (N-methyl/N-ethyl adjacent to an activating group) is 1. The van der Waals surface area contributed by atoms with Gasteiger partial charge in [-0.1, -0.05) is 0 Å². The molecule has 6 heteroatoms. The Bertz CT molecular complexity index is 431. The molecule has 0 spiro atoms. The number of amides is 1. The van der Waals surface area contributed by atoms with E-state index in [0.29, 0.717) is 11.4 Å². The van der Waals surface area contributed by atoms with Crippen LogP contribution in [0.5, 0.6) is 5.75 Å². The lowest BCUT2D eigenvalue weighted by atomic mass is 10.2. The van der Waals surface area contributed by atoms with E-state index in [4.69, 9.17) is 15.2 Å². The zero-order valence-electron chi connectivity index (χ0n) is 9.65. The quantitative estimate of drug-likeness (QED) is 0.576. The van der Waals surface area contributed by atoms with Crippen molar-refractivity contribution >= 4 is 17.6 Å². The van der Waals surface area contributed by atoms with Crippen LogP contribution in [0.25, 0.3) is 0 Å². The number of ether oxygens (including phenoxy) is 2. The van der Waals surface area contributed by atoms with E-state index in [0.717, 1.165) is 0 Å². The molecule has 1 rings (SSSR count). The number of carbonyl (C=O) groups excluding carboxylic acids is 2. The van der Waals surface area contributed by atoms with E-state index in [1.807, 2.05) is 0 Å². The molecule has 0 unspecified atom stereocenters. The topological polar surface area (TPSA) is 90.7 Å². The fourth-order valence-corrected chi connectivity index (χ4v) is 1.12. The number of carbonyl (C=O) groups is 2. The molecule has 0 aliphatic carbocycles. The summed E-state index contributed by atoms with van der Waals surface area (Å²) in [5.74, 6) is -0.591. The van der Waals surface area contributed by atoms with Crippen molar-refractivity contribution in [2.75, 3.05) is 26.5 Å². The number of esters is 1. The van der Waals surface area contributed by atoms with Crippen LogP contribution in [0.2, 0.25) is 0 Å². The maximum atomic E-state index is 11.5. The molecular formula is C11H14N2O4. The maximum Gasteiger partial charge on any atom is 0.338 e. The van der Waals surface area contributed by atoms with Crippen LogP contribution in [0.15, 0.2) is 18.2 Å². The van der Waals surface area contributed by atoms with Gasteiger partial charge in [0.2, 0.25) is 0 Å². The maximum absolute atomic E-state index is 11.5. The lowest BCUT2D eigenvalue weighted by Crippen LogP contribution is -2.25. The summed E-state index contributed by atoms with van der Waals surface area (Å²) in [5.41, 5.74) is 6.31. The highest BCUT2D eigenvalue weighted by Crippen LogP contribution is 2.22. The number of benzene rings is 1. The van der Waals surface area contributed by atoms with Gasteiger partial charge < -0.3 is 20.5 Å². The first-order valence-corrected chi connectivity index (χ1v) is 4.89. The number of methoxy groups -OCH3 is 1. The van der Waals surface area contributed by atoms with Crippen molar-refractivity contribution in [3.63, 3.8) is 0 Å². The Morgan fingerprint density at radius 3 is 2.71 bits per heavy atom. The number of hydrogen-bond donors (Lipinski definition) is 2. The Balaban J connectivity index is 2.72. The third-order valence-electron chi connectivity index (χ3n) is 2.08. The Morgan fingerprint density at radius 1 is 1.41 bits per heavy atom. The van der Waals surface area contributed by atoms with E-state index in [1.165, 1.54) is 32.4 Å². The second-order valence-corrected chi connectivity index (χ2v) is 3.21. The van der Waals surface area contributed by atoms with E-state index < -0.39 is 5.97 Å². The van der Waals surface area contributed by atoms with Gasteiger partial charge in [-0.3, -0.25) is 4.79 Å². The first kappa shape index (κ1) is 12.8. The summed E-state index contributed by atoms with van der Waals surface area (Å²) in [5, 5.41) is 2.34. The lowest BCUT2D eigenvalue weighted by Gasteiger charge is -2.07. The molecule has 3 N–H and O–H groups in total. The molecule has 0 radical (unpaired) electrons.